The van der Waals surface area contributed by atoms with Crippen molar-refractivity contribution in [3.8, 4) is 16.9 Å². The third-order valence-electron chi connectivity index (χ3n) is 6.52. The van der Waals surface area contributed by atoms with Gasteiger partial charge in [-0.05, 0) is 52.6 Å². The molecule has 5 heteroatoms. The highest BCUT2D eigenvalue weighted by molar-refractivity contribution is 5.68. The minimum absolute atomic E-state index is 0.00613. The minimum atomic E-state index is -1.33. The topological polar surface area (TPSA) is 89.8 Å². The largest absolute Gasteiger partial charge is 0.550 e. The molecule has 0 aliphatic heterocycles. The van der Waals surface area contributed by atoms with Crippen LogP contribution < -0.4 is 9.84 Å². The van der Waals surface area contributed by atoms with Gasteiger partial charge in [-0.2, -0.15) is 0 Å². The summed E-state index contributed by atoms with van der Waals surface area (Å²) in [5.74, 6) is 0.351. The van der Waals surface area contributed by atoms with Crippen LogP contribution in [0.15, 0.2) is 42.5 Å². The first kappa shape index (κ1) is 25.3. The fraction of sp³-hybridized carbons (Fsp3) is 0.536. The fourth-order valence-electron chi connectivity index (χ4n) is 4.81. The van der Waals surface area contributed by atoms with Gasteiger partial charge in [0, 0.05) is 18.8 Å². The van der Waals surface area contributed by atoms with Crippen LogP contribution >= 0.6 is 0 Å². The summed E-state index contributed by atoms with van der Waals surface area (Å²) in [6, 6.07) is 14.7. The van der Waals surface area contributed by atoms with Crippen molar-refractivity contribution in [3.63, 3.8) is 0 Å². The molecule has 0 spiro atoms. The molecule has 0 radical (unpaired) electrons. The van der Waals surface area contributed by atoms with Crippen LogP contribution in [0.1, 0.15) is 75.8 Å². The summed E-state index contributed by atoms with van der Waals surface area (Å²) in [6.07, 6.45) is 4.57. The van der Waals surface area contributed by atoms with Gasteiger partial charge >= 0.3 is 0 Å². The molecule has 1 unspecified atom stereocenters. The number of aliphatic hydroxyl groups excluding tert-OH is 2. The second-order valence-electron chi connectivity index (χ2n) is 9.71. The van der Waals surface area contributed by atoms with Gasteiger partial charge in [0.25, 0.3) is 0 Å². The summed E-state index contributed by atoms with van der Waals surface area (Å²) in [6.45, 7) is 4.29. The van der Waals surface area contributed by atoms with Gasteiger partial charge in [-0.15, -0.1) is 0 Å². The van der Waals surface area contributed by atoms with Crippen molar-refractivity contribution >= 4 is 5.97 Å². The smallest absolute Gasteiger partial charge is 0.126 e. The number of carboxylic acids is 1. The van der Waals surface area contributed by atoms with Crippen molar-refractivity contribution in [1.29, 1.82) is 0 Å². The quantitative estimate of drug-likeness (QED) is 0.531. The molecule has 180 valence electrons. The van der Waals surface area contributed by atoms with E-state index in [1.54, 1.807) is 0 Å². The highest BCUT2D eigenvalue weighted by Crippen LogP contribution is 2.38. The summed E-state index contributed by atoms with van der Waals surface area (Å²) >= 11 is 0. The summed E-state index contributed by atoms with van der Waals surface area (Å²) in [7, 11) is 0. The SMILES string of the molecule is CC(C)c1cc(-c2ccccc2)cc(CC2CCCCC2)c1OCC(O)C[C@@H](O)CC(=O)[O-]. The van der Waals surface area contributed by atoms with Gasteiger partial charge in [-0.1, -0.05) is 76.3 Å². The van der Waals surface area contributed by atoms with Crippen LogP contribution in [0.25, 0.3) is 11.1 Å². The van der Waals surface area contributed by atoms with E-state index >= 15 is 0 Å². The minimum Gasteiger partial charge on any atom is -0.550 e. The zero-order valence-corrected chi connectivity index (χ0v) is 19.8. The van der Waals surface area contributed by atoms with Crippen molar-refractivity contribution in [3.05, 3.63) is 53.6 Å². The average Bonchev–Trinajstić information content (AvgIpc) is 2.78. The second-order valence-corrected chi connectivity index (χ2v) is 9.71. The highest BCUT2D eigenvalue weighted by atomic mass is 16.5. The first-order valence-electron chi connectivity index (χ1n) is 12.2. The molecule has 2 N–H and O–H groups in total. The zero-order chi connectivity index (χ0) is 23.8. The number of hydrogen-bond acceptors (Lipinski definition) is 5. The number of hydrogen-bond donors (Lipinski definition) is 2. The molecule has 2 aromatic rings. The molecule has 0 aromatic heterocycles. The molecule has 0 bridgehead atoms. The van der Waals surface area contributed by atoms with E-state index < -0.39 is 24.6 Å². The molecule has 0 amide bonds. The van der Waals surface area contributed by atoms with Gasteiger partial charge < -0.3 is 24.9 Å². The van der Waals surface area contributed by atoms with Gasteiger partial charge in [-0.3, -0.25) is 0 Å². The Balaban J connectivity index is 1.87. The van der Waals surface area contributed by atoms with Crippen molar-refractivity contribution in [1.82, 2.24) is 0 Å². The van der Waals surface area contributed by atoms with E-state index in [1.807, 2.05) is 18.2 Å². The number of carbonyl (C=O) groups is 1. The number of carbonyl (C=O) groups excluding carboxylic acids is 1. The van der Waals surface area contributed by atoms with Gasteiger partial charge in [0.05, 0.1) is 12.2 Å². The number of rotatable bonds is 11. The summed E-state index contributed by atoms with van der Waals surface area (Å²) < 4.78 is 6.21. The van der Waals surface area contributed by atoms with Crippen LogP contribution in [0.5, 0.6) is 5.75 Å². The molecule has 1 aliphatic carbocycles. The lowest BCUT2D eigenvalue weighted by atomic mass is 9.83. The van der Waals surface area contributed by atoms with Crippen molar-refractivity contribution in [2.75, 3.05) is 6.61 Å². The first-order chi connectivity index (χ1) is 15.8. The lowest BCUT2D eigenvalue weighted by Gasteiger charge is -2.26. The Labute approximate surface area is 197 Å². The molecule has 5 nitrogen and oxygen atoms in total. The Morgan fingerprint density at radius 1 is 1.03 bits per heavy atom. The number of benzene rings is 2. The normalized spacial score (nSPS) is 16.5. The molecule has 0 saturated heterocycles. The van der Waals surface area contributed by atoms with E-state index in [1.165, 1.54) is 43.2 Å². The van der Waals surface area contributed by atoms with Crippen LogP contribution in [0.4, 0.5) is 0 Å². The zero-order valence-electron chi connectivity index (χ0n) is 19.8. The summed E-state index contributed by atoms with van der Waals surface area (Å²) in [5, 5.41) is 30.9. The van der Waals surface area contributed by atoms with E-state index in [9.17, 15) is 20.1 Å². The van der Waals surface area contributed by atoms with Crippen LogP contribution in [0.3, 0.4) is 0 Å². The Bertz CT molecular complexity index is 887. The Kier molecular flexibility index (Phi) is 9.33. The number of aliphatic hydroxyl groups is 2. The number of aliphatic carboxylic acids is 1. The van der Waals surface area contributed by atoms with E-state index in [0.717, 1.165) is 23.3 Å². The molecule has 3 rings (SSSR count). The lowest BCUT2D eigenvalue weighted by Crippen LogP contribution is -2.31. The third kappa shape index (κ3) is 7.58. The van der Waals surface area contributed by atoms with Crippen LogP contribution in [-0.4, -0.2) is 35.0 Å². The van der Waals surface area contributed by atoms with Gasteiger partial charge in [0.2, 0.25) is 0 Å². The van der Waals surface area contributed by atoms with Crippen LogP contribution in [0, 0.1) is 5.92 Å². The van der Waals surface area contributed by atoms with Gasteiger partial charge in [0.1, 0.15) is 12.4 Å². The predicted octanol–water partition coefficient (Wildman–Crippen LogP) is 4.23. The van der Waals surface area contributed by atoms with Crippen LogP contribution in [-0.2, 0) is 11.2 Å². The second kappa shape index (κ2) is 12.2. The summed E-state index contributed by atoms with van der Waals surface area (Å²) in [4.78, 5) is 10.7. The predicted molar refractivity (Wildman–Crippen MR) is 128 cm³/mol. The molecular formula is C28H37O5-. The van der Waals surface area contributed by atoms with Crippen molar-refractivity contribution in [2.45, 2.75) is 83.3 Å². The molecule has 2 aromatic carbocycles. The standard InChI is InChI=1S/C28H38O5/c1-19(2)26-15-22(21-11-7-4-8-12-21)14-23(13-20-9-5-3-6-10-20)28(26)33-18-25(30)16-24(29)17-27(31)32/h4,7-8,11-12,14-15,19-20,24-25,29-30H,3,5-6,9-10,13,16-18H2,1-2H3,(H,31,32)/p-1/t24-,25?/m1/s1. The van der Waals surface area contributed by atoms with E-state index in [-0.39, 0.29) is 18.9 Å². The van der Waals surface area contributed by atoms with Gasteiger partial charge in [0.15, 0.2) is 0 Å². The van der Waals surface area contributed by atoms with Crippen LogP contribution in [0.2, 0.25) is 0 Å². The molecule has 2 atom stereocenters. The average molecular weight is 454 g/mol. The molecule has 1 aliphatic rings. The van der Waals surface area contributed by atoms with Gasteiger partial charge in [-0.25, -0.2) is 0 Å². The Hall–Kier alpha value is -2.37. The van der Waals surface area contributed by atoms with E-state index in [2.05, 4.69) is 38.1 Å². The monoisotopic (exact) mass is 453 g/mol. The van der Waals surface area contributed by atoms with Crippen molar-refractivity contribution in [2.24, 2.45) is 5.92 Å². The van der Waals surface area contributed by atoms with E-state index in [4.69, 9.17) is 4.74 Å². The molecule has 33 heavy (non-hydrogen) atoms. The Morgan fingerprint density at radius 2 is 1.73 bits per heavy atom. The highest BCUT2D eigenvalue weighted by Gasteiger charge is 2.22. The molecule has 1 saturated carbocycles. The molecule has 0 heterocycles. The van der Waals surface area contributed by atoms with E-state index in [0.29, 0.717) is 5.92 Å². The maximum Gasteiger partial charge on any atom is 0.126 e. The number of ether oxygens (including phenoxy) is 1. The fourth-order valence-corrected chi connectivity index (χ4v) is 4.81. The maximum absolute atomic E-state index is 10.7. The summed E-state index contributed by atoms with van der Waals surface area (Å²) in [5.41, 5.74) is 4.60. The maximum atomic E-state index is 10.7. The third-order valence-corrected chi connectivity index (χ3v) is 6.52. The first-order valence-corrected chi connectivity index (χ1v) is 12.2. The molecule has 1 fully saturated rings. The number of carboxylic acid groups (broad SMARTS) is 1. The Morgan fingerprint density at radius 3 is 2.36 bits per heavy atom. The lowest BCUT2D eigenvalue weighted by molar-refractivity contribution is -0.307. The van der Waals surface area contributed by atoms with Crippen molar-refractivity contribution < 1.29 is 24.9 Å². The molecular weight excluding hydrogens is 416 g/mol.